The Balaban J connectivity index is 1.45. The van der Waals surface area contributed by atoms with Crippen LogP contribution in [-0.4, -0.2) is 11.8 Å². The molecule has 32 heavy (non-hydrogen) atoms. The molecule has 1 N–H and O–H groups in total. The highest BCUT2D eigenvalue weighted by atomic mass is 19.1. The van der Waals surface area contributed by atoms with Crippen LogP contribution in [0.2, 0.25) is 0 Å². The van der Waals surface area contributed by atoms with E-state index >= 15 is 0 Å². The zero-order valence-electron chi connectivity index (χ0n) is 17.9. The first kappa shape index (κ1) is 21.8. The Morgan fingerprint density at radius 1 is 1.00 bits per heavy atom. The van der Waals surface area contributed by atoms with Crippen LogP contribution in [0.1, 0.15) is 42.6 Å². The highest BCUT2D eigenvalue weighted by molar-refractivity contribution is 5.95. The van der Waals surface area contributed by atoms with Crippen molar-refractivity contribution in [1.29, 1.82) is 0 Å². The van der Waals surface area contributed by atoms with Gasteiger partial charge in [-0.25, -0.2) is 4.39 Å². The summed E-state index contributed by atoms with van der Waals surface area (Å²) in [6, 6.07) is 17.4. The van der Waals surface area contributed by atoms with E-state index < -0.39 is 0 Å². The summed E-state index contributed by atoms with van der Waals surface area (Å²) in [6.45, 7) is 0.664. The molecule has 1 aliphatic rings. The minimum atomic E-state index is -0.313. The van der Waals surface area contributed by atoms with Crippen LogP contribution in [0.15, 0.2) is 71.3 Å². The zero-order chi connectivity index (χ0) is 22.3. The second-order valence-corrected chi connectivity index (χ2v) is 8.24. The van der Waals surface area contributed by atoms with Crippen LogP contribution >= 0.6 is 0 Å². The Hall–Kier alpha value is -3.41. The van der Waals surface area contributed by atoms with Gasteiger partial charge in [-0.15, -0.1) is 0 Å². The number of hydrogen-bond donors (Lipinski definition) is 1. The molecule has 166 valence electrons. The van der Waals surface area contributed by atoms with Crippen LogP contribution in [0, 0.1) is 11.7 Å². The maximum absolute atomic E-state index is 13.7. The van der Waals surface area contributed by atoms with Gasteiger partial charge < -0.3 is 14.6 Å². The molecule has 5 nitrogen and oxygen atoms in total. The Labute approximate surface area is 187 Å². The molecule has 2 amide bonds. The second-order valence-electron chi connectivity index (χ2n) is 8.24. The van der Waals surface area contributed by atoms with Gasteiger partial charge in [0.1, 0.15) is 11.6 Å². The predicted molar refractivity (Wildman–Crippen MR) is 120 cm³/mol. The molecule has 1 aliphatic carbocycles. The SMILES string of the molecule is O=C(Cc1ccc(N(Cc2cccc(F)c2)C(=O)C2CCCC2)cc1)NCc1ccco1. The molecule has 0 aliphatic heterocycles. The van der Waals surface area contributed by atoms with Crippen LogP contribution in [0.25, 0.3) is 0 Å². The number of nitrogens with one attached hydrogen (secondary N) is 1. The predicted octanol–water partition coefficient (Wildman–Crippen LogP) is 5.00. The lowest BCUT2D eigenvalue weighted by Crippen LogP contribution is -2.35. The van der Waals surface area contributed by atoms with Crippen molar-refractivity contribution in [2.45, 2.75) is 45.2 Å². The molecule has 2 aromatic carbocycles. The Morgan fingerprint density at radius 3 is 2.47 bits per heavy atom. The average Bonchev–Trinajstić information content (AvgIpc) is 3.51. The summed E-state index contributed by atoms with van der Waals surface area (Å²) < 4.78 is 18.9. The third-order valence-corrected chi connectivity index (χ3v) is 5.85. The summed E-state index contributed by atoms with van der Waals surface area (Å²) in [7, 11) is 0. The average molecular weight is 435 g/mol. The smallest absolute Gasteiger partial charge is 0.230 e. The summed E-state index contributed by atoms with van der Waals surface area (Å²) in [6.07, 6.45) is 5.73. The molecule has 0 unspecified atom stereocenters. The van der Waals surface area contributed by atoms with Crippen LogP contribution in [-0.2, 0) is 29.1 Å². The first-order chi connectivity index (χ1) is 15.6. The molecule has 6 heteroatoms. The molecule has 0 atom stereocenters. The van der Waals surface area contributed by atoms with Gasteiger partial charge in [0.2, 0.25) is 11.8 Å². The summed E-state index contributed by atoms with van der Waals surface area (Å²) in [4.78, 5) is 27.2. The van der Waals surface area contributed by atoms with Crippen LogP contribution in [0.4, 0.5) is 10.1 Å². The summed E-state index contributed by atoms with van der Waals surface area (Å²) in [5.41, 5.74) is 2.35. The van der Waals surface area contributed by atoms with Gasteiger partial charge in [-0.1, -0.05) is 37.1 Å². The number of carbonyl (C=O) groups is 2. The molecule has 0 saturated heterocycles. The second kappa shape index (κ2) is 10.3. The van der Waals surface area contributed by atoms with Gasteiger partial charge in [0.25, 0.3) is 0 Å². The zero-order valence-corrected chi connectivity index (χ0v) is 17.9. The lowest BCUT2D eigenvalue weighted by atomic mass is 10.0. The van der Waals surface area contributed by atoms with E-state index in [0.717, 1.165) is 42.5 Å². The van der Waals surface area contributed by atoms with Gasteiger partial charge >= 0.3 is 0 Å². The molecule has 0 bridgehead atoms. The van der Waals surface area contributed by atoms with Crippen molar-refractivity contribution in [3.63, 3.8) is 0 Å². The Kier molecular flexibility index (Phi) is 7.00. The monoisotopic (exact) mass is 434 g/mol. The maximum atomic E-state index is 13.7. The Bertz CT molecular complexity index is 1040. The largest absolute Gasteiger partial charge is 0.467 e. The molecule has 0 radical (unpaired) electrons. The number of benzene rings is 2. The van der Waals surface area contributed by atoms with Crippen molar-refractivity contribution in [3.05, 3.63) is 89.6 Å². The standard InChI is InChI=1S/C26H27FN2O3/c27-22-8-3-5-20(15-22)18-29(26(31)21-6-1-2-7-21)23-12-10-19(11-13-23)16-25(30)28-17-24-9-4-14-32-24/h3-5,8-15,21H,1-2,6-7,16-18H2,(H,28,30). The summed E-state index contributed by atoms with van der Waals surface area (Å²) in [5.74, 6) is 0.373. The molecular formula is C26H27FN2O3. The van der Waals surface area contributed by atoms with Gasteiger partial charge in [-0.2, -0.15) is 0 Å². The minimum Gasteiger partial charge on any atom is -0.467 e. The molecular weight excluding hydrogens is 407 g/mol. The lowest BCUT2D eigenvalue weighted by Gasteiger charge is -2.26. The van der Waals surface area contributed by atoms with Crippen molar-refractivity contribution in [2.75, 3.05) is 4.90 Å². The molecule has 0 spiro atoms. The van der Waals surface area contributed by atoms with Gasteiger partial charge in [0.05, 0.1) is 25.8 Å². The van der Waals surface area contributed by atoms with E-state index in [2.05, 4.69) is 5.32 Å². The highest BCUT2D eigenvalue weighted by Crippen LogP contribution is 2.30. The quantitative estimate of drug-likeness (QED) is 0.543. The van der Waals surface area contributed by atoms with Gasteiger partial charge in [0, 0.05) is 11.6 Å². The van der Waals surface area contributed by atoms with E-state index in [9.17, 15) is 14.0 Å². The number of halogens is 1. The number of furan rings is 1. The van der Waals surface area contributed by atoms with Crippen LogP contribution in [0.5, 0.6) is 0 Å². The fourth-order valence-electron chi connectivity index (χ4n) is 4.15. The summed E-state index contributed by atoms with van der Waals surface area (Å²) >= 11 is 0. The normalized spacial score (nSPS) is 13.8. The van der Waals surface area contributed by atoms with E-state index in [4.69, 9.17) is 4.42 Å². The van der Waals surface area contributed by atoms with Crippen LogP contribution in [0.3, 0.4) is 0 Å². The maximum Gasteiger partial charge on any atom is 0.230 e. The highest BCUT2D eigenvalue weighted by Gasteiger charge is 2.28. The van der Waals surface area contributed by atoms with Gasteiger partial charge in [-0.05, 0) is 60.4 Å². The van der Waals surface area contributed by atoms with E-state index in [1.807, 2.05) is 36.4 Å². The molecule has 1 saturated carbocycles. The molecule has 1 fully saturated rings. The molecule has 1 heterocycles. The number of nitrogens with zero attached hydrogens (tertiary/aromatic N) is 1. The molecule has 4 rings (SSSR count). The number of amides is 2. The third-order valence-electron chi connectivity index (χ3n) is 5.85. The van der Waals surface area contributed by atoms with Crippen molar-refractivity contribution in [1.82, 2.24) is 5.32 Å². The molecule has 3 aromatic rings. The van der Waals surface area contributed by atoms with Crippen molar-refractivity contribution >= 4 is 17.5 Å². The van der Waals surface area contributed by atoms with Crippen molar-refractivity contribution in [3.8, 4) is 0 Å². The minimum absolute atomic E-state index is 0.00983. The van der Waals surface area contributed by atoms with Crippen molar-refractivity contribution < 1.29 is 18.4 Å². The first-order valence-electron chi connectivity index (χ1n) is 11.0. The van der Waals surface area contributed by atoms with Crippen molar-refractivity contribution in [2.24, 2.45) is 5.92 Å². The van der Waals surface area contributed by atoms with Gasteiger partial charge in [-0.3, -0.25) is 9.59 Å². The van der Waals surface area contributed by atoms with Crippen LogP contribution < -0.4 is 10.2 Å². The third kappa shape index (κ3) is 5.63. The lowest BCUT2D eigenvalue weighted by molar-refractivity contribution is -0.122. The first-order valence-corrected chi connectivity index (χ1v) is 11.0. The Morgan fingerprint density at radius 2 is 1.78 bits per heavy atom. The number of anilines is 1. The van der Waals surface area contributed by atoms with E-state index in [-0.39, 0.29) is 30.0 Å². The number of hydrogen-bond acceptors (Lipinski definition) is 3. The van der Waals surface area contributed by atoms with E-state index in [0.29, 0.717) is 18.8 Å². The fraction of sp³-hybridized carbons (Fsp3) is 0.308. The van der Waals surface area contributed by atoms with E-state index in [1.165, 1.54) is 12.1 Å². The van der Waals surface area contributed by atoms with E-state index in [1.54, 1.807) is 23.3 Å². The van der Waals surface area contributed by atoms with Gasteiger partial charge in [0.15, 0.2) is 0 Å². The molecule has 1 aromatic heterocycles. The topological polar surface area (TPSA) is 62.6 Å². The number of rotatable bonds is 8. The number of carbonyl (C=O) groups excluding carboxylic acids is 2. The fourth-order valence-corrected chi connectivity index (χ4v) is 4.15. The summed E-state index contributed by atoms with van der Waals surface area (Å²) in [5, 5.41) is 2.83.